The number of carboxylic acid groups (broad SMARTS) is 1. The first-order valence-corrected chi connectivity index (χ1v) is 17.2. The molecule has 3 aliphatic heterocycles. The molecule has 0 unspecified atom stereocenters. The second-order valence-corrected chi connectivity index (χ2v) is 15.0. The number of morpholine rings is 1. The summed E-state index contributed by atoms with van der Waals surface area (Å²) in [5, 5.41) is 19.4. The summed E-state index contributed by atoms with van der Waals surface area (Å²) in [6, 6.07) is 5.20. The zero-order valence-electron chi connectivity index (χ0n) is 27.0. The number of rotatable bonds is 8. The molecule has 14 nitrogen and oxygen atoms in total. The first-order valence-electron chi connectivity index (χ1n) is 15.8. The first-order chi connectivity index (χ1) is 23.2. The van der Waals surface area contributed by atoms with E-state index in [-0.39, 0.29) is 30.0 Å². The highest BCUT2D eigenvalue weighted by molar-refractivity contribution is 7.89. The fourth-order valence-electron chi connectivity index (χ4n) is 6.75. The zero-order chi connectivity index (χ0) is 35.2. The summed E-state index contributed by atoms with van der Waals surface area (Å²) >= 11 is 0. The van der Waals surface area contributed by atoms with Gasteiger partial charge >= 0.3 is 5.97 Å². The number of benzene rings is 2. The maximum atomic E-state index is 14.0. The van der Waals surface area contributed by atoms with Crippen molar-refractivity contribution in [2.45, 2.75) is 43.5 Å². The van der Waals surface area contributed by atoms with Crippen LogP contribution in [0.5, 0.6) is 0 Å². The SMILES string of the molecule is CC1(C)CN(S(=O)(=O)c2cc(F)cc(F)c2)Cc2c(NC(=O)c3cc(N4CCC(C(=O)O)CC4)c(N4CCOCC4)cc3C(N)=O)n[nH]c21. The highest BCUT2D eigenvalue weighted by atomic mass is 32.2. The van der Waals surface area contributed by atoms with E-state index in [2.05, 4.69) is 15.5 Å². The van der Waals surface area contributed by atoms with E-state index in [9.17, 15) is 36.7 Å². The van der Waals surface area contributed by atoms with Crippen LogP contribution in [-0.4, -0.2) is 91.7 Å². The summed E-state index contributed by atoms with van der Waals surface area (Å²) in [7, 11) is -4.38. The van der Waals surface area contributed by atoms with Crippen LogP contribution in [0.25, 0.3) is 0 Å². The molecule has 3 aliphatic rings. The number of aromatic amines is 1. The predicted molar refractivity (Wildman–Crippen MR) is 174 cm³/mol. The third kappa shape index (κ3) is 6.69. The fraction of sp³-hybridized carbons (Fsp3) is 0.438. The summed E-state index contributed by atoms with van der Waals surface area (Å²) in [6.45, 7) is 5.99. The molecule has 262 valence electrons. The van der Waals surface area contributed by atoms with Crippen LogP contribution >= 0.6 is 0 Å². The zero-order valence-corrected chi connectivity index (χ0v) is 27.8. The van der Waals surface area contributed by atoms with Gasteiger partial charge in [0.2, 0.25) is 15.9 Å². The number of hydrogen-bond acceptors (Lipinski definition) is 9. The Labute approximate surface area is 281 Å². The van der Waals surface area contributed by atoms with Gasteiger partial charge in [-0.15, -0.1) is 0 Å². The van der Waals surface area contributed by atoms with Gasteiger partial charge in [0.1, 0.15) is 11.6 Å². The van der Waals surface area contributed by atoms with Crippen LogP contribution in [0, 0.1) is 17.6 Å². The van der Waals surface area contributed by atoms with Gasteiger partial charge in [-0.1, -0.05) is 13.8 Å². The van der Waals surface area contributed by atoms with E-state index >= 15 is 0 Å². The van der Waals surface area contributed by atoms with Crippen LogP contribution in [-0.2, 0) is 31.5 Å². The van der Waals surface area contributed by atoms with Crippen molar-refractivity contribution in [3.05, 3.63) is 64.4 Å². The number of hydrogen-bond donors (Lipinski definition) is 4. The van der Waals surface area contributed by atoms with Crippen molar-refractivity contribution in [1.82, 2.24) is 14.5 Å². The van der Waals surface area contributed by atoms with Gasteiger partial charge < -0.3 is 30.7 Å². The molecule has 0 radical (unpaired) electrons. The largest absolute Gasteiger partial charge is 0.481 e. The second-order valence-electron chi connectivity index (χ2n) is 13.1. The fourth-order valence-corrected chi connectivity index (χ4v) is 8.37. The molecule has 2 saturated heterocycles. The minimum Gasteiger partial charge on any atom is -0.481 e. The van der Waals surface area contributed by atoms with Crippen LogP contribution in [0.15, 0.2) is 35.2 Å². The van der Waals surface area contributed by atoms with Gasteiger partial charge in [-0.25, -0.2) is 17.2 Å². The van der Waals surface area contributed by atoms with Gasteiger partial charge in [0.15, 0.2) is 5.82 Å². The molecule has 0 bridgehead atoms. The molecule has 0 spiro atoms. The highest BCUT2D eigenvalue weighted by Crippen LogP contribution is 2.39. The average molecular weight is 702 g/mol. The molecule has 17 heteroatoms. The maximum Gasteiger partial charge on any atom is 0.306 e. The number of fused-ring (bicyclic) bond motifs is 1. The molecule has 6 rings (SSSR count). The van der Waals surface area contributed by atoms with Crippen molar-refractivity contribution < 1.29 is 41.4 Å². The van der Waals surface area contributed by atoms with E-state index in [0.29, 0.717) is 80.9 Å². The van der Waals surface area contributed by atoms with Gasteiger partial charge in [-0.2, -0.15) is 9.40 Å². The number of primary amides is 1. The van der Waals surface area contributed by atoms with Crippen LogP contribution in [0.1, 0.15) is 58.7 Å². The molecule has 4 heterocycles. The summed E-state index contributed by atoms with van der Waals surface area (Å²) in [6.07, 6.45) is 0.793. The summed E-state index contributed by atoms with van der Waals surface area (Å²) < 4.78 is 61.7. The number of carbonyl (C=O) groups excluding carboxylic acids is 2. The Bertz CT molecular complexity index is 1900. The van der Waals surface area contributed by atoms with Gasteiger partial charge in [-0.3, -0.25) is 19.5 Å². The Kier molecular flexibility index (Phi) is 9.10. The normalized spacial score (nSPS) is 18.6. The molecule has 2 fully saturated rings. The number of carboxylic acids is 1. The molecular weight excluding hydrogens is 664 g/mol. The quantitative estimate of drug-likeness (QED) is 0.272. The third-order valence-electron chi connectivity index (χ3n) is 9.32. The molecule has 1 aromatic heterocycles. The number of aromatic nitrogens is 2. The number of carbonyl (C=O) groups is 3. The first kappa shape index (κ1) is 34.3. The van der Waals surface area contributed by atoms with Gasteiger partial charge in [0.25, 0.3) is 5.91 Å². The number of amides is 2. The number of nitrogens with one attached hydrogen (secondary N) is 2. The molecule has 5 N–H and O–H groups in total. The van der Waals surface area contributed by atoms with E-state index in [1.54, 1.807) is 26.0 Å². The maximum absolute atomic E-state index is 14.0. The Morgan fingerprint density at radius 2 is 1.57 bits per heavy atom. The van der Waals surface area contributed by atoms with E-state index in [4.69, 9.17) is 10.5 Å². The minimum atomic E-state index is -4.38. The molecule has 3 aromatic rings. The minimum absolute atomic E-state index is 0.00916. The van der Waals surface area contributed by atoms with Crippen molar-refractivity contribution in [1.29, 1.82) is 0 Å². The number of anilines is 3. The number of sulfonamides is 1. The van der Waals surface area contributed by atoms with E-state index in [1.807, 2.05) is 9.80 Å². The molecule has 0 atom stereocenters. The number of aliphatic carboxylic acids is 1. The van der Waals surface area contributed by atoms with Crippen LogP contribution in [0.2, 0.25) is 0 Å². The number of ether oxygens (including phenoxy) is 1. The average Bonchev–Trinajstić information content (AvgIpc) is 3.47. The Hall–Kier alpha value is -4.61. The summed E-state index contributed by atoms with van der Waals surface area (Å²) in [4.78, 5) is 41.9. The molecule has 49 heavy (non-hydrogen) atoms. The Balaban J connectivity index is 1.35. The topological polar surface area (TPSA) is 191 Å². The molecule has 2 aromatic carbocycles. The number of H-pyrrole nitrogens is 1. The van der Waals surface area contributed by atoms with Gasteiger partial charge in [0, 0.05) is 62.0 Å². The summed E-state index contributed by atoms with van der Waals surface area (Å²) in [5.41, 5.74) is 7.04. The third-order valence-corrected chi connectivity index (χ3v) is 11.1. The van der Waals surface area contributed by atoms with Crippen molar-refractivity contribution in [2.24, 2.45) is 11.7 Å². The predicted octanol–water partition coefficient (Wildman–Crippen LogP) is 2.66. The highest BCUT2D eigenvalue weighted by Gasteiger charge is 2.41. The molecule has 0 aliphatic carbocycles. The lowest BCUT2D eigenvalue weighted by molar-refractivity contribution is -0.142. The van der Waals surface area contributed by atoms with E-state index in [0.717, 1.165) is 16.4 Å². The monoisotopic (exact) mass is 701 g/mol. The van der Waals surface area contributed by atoms with Crippen molar-refractivity contribution in [3.63, 3.8) is 0 Å². The Morgan fingerprint density at radius 1 is 0.980 bits per heavy atom. The lowest BCUT2D eigenvalue weighted by Gasteiger charge is -2.37. The number of nitrogens with zero attached hydrogens (tertiary/aromatic N) is 4. The second kappa shape index (κ2) is 13.0. The number of piperidine rings is 1. The molecule has 2 amide bonds. The molecular formula is C32H37F2N7O7S. The van der Waals surface area contributed by atoms with Crippen molar-refractivity contribution in [3.8, 4) is 0 Å². The standard InChI is InChI=1S/C32H37F2N7O7S/c1-32(2)17-41(49(46,47)21-12-19(33)11-20(34)13-21)16-24-27(32)37-38-29(24)36-30(43)23-15-26(39-5-3-18(4-6-39)31(44)45)25(14-22(23)28(35)42)40-7-9-48-10-8-40/h11-15,18H,3-10,16-17H2,1-2H3,(H2,35,42)(H,44,45)(H2,36,37,38,43). The van der Waals surface area contributed by atoms with Crippen molar-refractivity contribution in [2.75, 3.05) is 61.1 Å². The lowest BCUT2D eigenvalue weighted by Crippen LogP contribution is -2.45. The van der Waals surface area contributed by atoms with Crippen molar-refractivity contribution >= 4 is 45.0 Å². The molecule has 0 saturated carbocycles. The number of nitrogens with two attached hydrogens (primary N) is 1. The van der Waals surface area contributed by atoms with Gasteiger partial charge in [0.05, 0.1) is 46.5 Å². The summed E-state index contributed by atoms with van der Waals surface area (Å²) in [5.74, 6) is -5.00. The van der Waals surface area contributed by atoms with Gasteiger partial charge in [-0.05, 0) is 37.1 Å². The lowest BCUT2D eigenvalue weighted by atomic mass is 9.84. The van der Waals surface area contributed by atoms with E-state index in [1.165, 1.54) is 0 Å². The van der Waals surface area contributed by atoms with E-state index < -0.39 is 55.7 Å². The number of halogens is 2. The smallest absolute Gasteiger partial charge is 0.306 e. The van der Waals surface area contributed by atoms with Crippen LogP contribution in [0.3, 0.4) is 0 Å². The van der Waals surface area contributed by atoms with Crippen LogP contribution in [0.4, 0.5) is 26.0 Å². The Morgan fingerprint density at radius 3 is 2.16 bits per heavy atom. The van der Waals surface area contributed by atoms with Crippen LogP contribution < -0.4 is 20.9 Å².